The van der Waals surface area contributed by atoms with Crippen molar-refractivity contribution in [2.45, 2.75) is 97.6 Å². The molecule has 0 radical (unpaired) electrons. The summed E-state index contributed by atoms with van der Waals surface area (Å²) in [4.78, 5) is 52.2. The summed E-state index contributed by atoms with van der Waals surface area (Å²) in [5.74, 6) is -2.28. The molecular formula is C35H45NO7. The Labute approximate surface area is 255 Å². The van der Waals surface area contributed by atoms with E-state index in [1.54, 1.807) is 6.08 Å². The fraction of sp³-hybridized carbons (Fsp3) is 0.543. The second kappa shape index (κ2) is 14.2. The number of unbranched alkanes of at least 4 members (excludes halogenated alkanes) is 1. The van der Waals surface area contributed by atoms with Gasteiger partial charge in [0, 0.05) is 51.0 Å². The third kappa shape index (κ3) is 7.28. The van der Waals surface area contributed by atoms with E-state index in [9.17, 15) is 19.2 Å². The summed E-state index contributed by atoms with van der Waals surface area (Å²) in [6, 6.07) is -0.362. The van der Waals surface area contributed by atoms with Gasteiger partial charge in [0.2, 0.25) is 5.91 Å². The van der Waals surface area contributed by atoms with Crippen molar-refractivity contribution in [3.8, 4) is 0 Å². The number of carbonyl (C=O) groups excluding carboxylic acids is 4. The third-order valence-corrected chi connectivity index (χ3v) is 8.86. The highest BCUT2D eigenvalue weighted by Gasteiger charge is 2.58. The highest BCUT2D eigenvalue weighted by molar-refractivity contribution is 5.86. The Morgan fingerprint density at radius 2 is 1.60 bits per heavy atom. The number of hydrogen-bond donors (Lipinski definition) is 0. The number of esters is 3. The van der Waals surface area contributed by atoms with Crippen LogP contribution in [0.1, 0.15) is 67.2 Å². The fourth-order valence-corrected chi connectivity index (χ4v) is 7.26. The van der Waals surface area contributed by atoms with Gasteiger partial charge in [-0.25, -0.2) is 0 Å². The standard InChI is InChI=1S/C35H45NO7/c1-7-8-9-10-11-12-15-27-20-30(42-24(5)38)33-32-22(3)19-26-17-18-29(41-23(4)37)34(43-25(6)39)31(26)21(2)14-13-16-28(32)35(40)36(27)33/h9-14,16-19,26-34H,7-8,15,20H2,1-6H3/b10-9+,12-11+,16-13-,21-14+,22-19+/t26-,27+,28+,29-,30-,31-,32+,33-,34-/m0/s1. The van der Waals surface area contributed by atoms with Crippen LogP contribution >= 0.6 is 0 Å². The number of carbonyl (C=O) groups is 4. The Morgan fingerprint density at radius 3 is 2.28 bits per heavy atom. The summed E-state index contributed by atoms with van der Waals surface area (Å²) in [6.45, 7) is 10.2. The van der Waals surface area contributed by atoms with Crippen LogP contribution in [0.15, 0.2) is 71.9 Å². The molecule has 0 bridgehead atoms. The maximum absolute atomic E-state index is 14.1. The second-order valence-corrected chi connectivity index (χ2v) is 12.0. The molecule has 0 aromatic heterocycles. The van der Waals surface area contributed by atoms with Crippen molar-refractivity contribution in [2.75, 3.05) is 0 Å². The van der Waals surface area contributed by atoms with Crippen LogP contribution in [0.3, 0.4) is 0 Å². The predicted molar refractivity (Wildman–Crippen MR) is 163 cm³/mol. The molecule has 2 aliphatic carbocycles. The van der Waals surface area contributed by atoms with E-state index in [-0.39, 0.29) is 41.7 Å². The number of ether oxygens (including phenoxy) is 3. The highest BCUT2D eigenvalue weighted by Crippen LogP contribution is 2.48. The predicted octanol–water partition coefficient (Wildman–Crippen LogP) is 5.56. The normalized spacial score (nSPS) is 36.7. The molecule has 0 unspecified atom stereocenters. The molecule has 2 saturated heterocycles. The SMILES string of the molecule is CCC/C=C/C=C/C[C@@H]1C[C@H](OC(C)=O)[C@H]2[C@@H]3/C(C)=C/[C@@H]4C=C[C@H](OC(C)=O)[C@H](OC(C)=O)[C@H]4/C(C)=C/C=C\[C@H]3C(=O)N12. The van der Waals surface area contributed by atoms with E-state index in [0.717, 1.165) is 24.0 Å². The van der Waals surface area contributed by atoms with Crippen LogP contribution in [0.4, 0.5) is 0 Å². The Kier molecular flexibility index (Phi) is 10.6. The third-order valence-electron chi connectivity index (χ3n) is 8.86. The lowest BCUT2D eigenvalue weighted by molar-refractivity contribution is -0.166. The van der Waals surface area contributed by atoms with Gasteiger partial charge in [-0.1, -0.05) is 79.2 Å². The van der Waals surface area contributed by atoms with E-state index in [4.69, 9.17) is 14.2 Å². The van der Waals surface area contributed by atoms with Gasteiger partial charge in [-0.2, -0.15) is 0 Å². The van der Waals surface area contributed by atoms with Crippen molar-refractivity contribution >= 4 is 23.8 Å². The number of hydrogen-bond acceptors (Lipinski definition) is 7. The second-order valence-electron chi connectivity index (χ2n) is 12.0. The number of nitrogens with zero attached hydrogens (tertiary/aromatic N) is 1. The average Bonchev–Trinajstić information content (AvgIpc) is 3.41. The van der Waals surface area contributed by atoms with Crippen LogP contribution < -0.4 is 0 Å². The van der Waals surface area contributed by atoms with E-state index in [2.05, 4.69) is 25.2 Å². The molecule has 0 aromatic rings. The first kappa shape index (κ1) is 32.2. The fourth-order valence-electron chi connectivity index (χ4n) is 7.26. The number of allylic oxidation sites excluding steroid dienone is 7. The number of fused-ring (bicyclic) bond motifs is 4. The highest BCUT2D eigenvalue weighted by atomic mass is 16.6. The minimum absolute atomic E-state index is 0.0450. The van der Waals surface area contributed by atoms with E-state index >= 15 is 0 Å². The summed E-state index contributed by atoms with van der Waals surface area (Å²) in [5, 5.41) is 0. The molecule has 43 heavy (non-hydrogen) atoms. The van der Waals surface area contributed by atoms with Crippen LogP contribution in [0.2, 0.25) is 0 Å². The zero-order valence-corrected chi connectivity index (χ0v) is 26.1. The molecule has 2 fully saturated rings. The van der Waals surface area contributed by atoms with Gasteiger partial charge in [0.25, 0.3) is 0 Å². The lowest BCUT2D eigenvalue weighted by atomic mass is 9.72. The maximum Gasteiger partial charge on any atom is 0.303 e. The zero-order chi connectivity index (χ0) is 31.3. The van der Waals surface area contributed by atoms with E-state index in [1.807, 2.05) is 55.2 Å². The molecule has 2 aliphatic heterocycles. The summed E-state index contributed by atoms with van der Waals surface area (Å²) in [7, 11) is 0. The topological polar surface area (TPSA) is 99.2 Å². The molecular weight excluding hydrogens is 546 g/mol. The monoisotopic (exact) mass is 591 g/mol. The van der Waals surface area contributed by atoms with E-state index in [1.165, 1.54) is 20.8 Å². The minimum Gasteiger partial charge on any atom is -0.460 e. The first-order valence-corrected chi connectivity index (χ1v) is 15.4. The van der Waals surface area contributed by atoms with Gasteiger partial charge >= 0.3 is 17.9 Å². The summed E-state index contributed by atoms with van der Waals surface area (Å²) in [6.07, 6.45) is 21.6. The van der Waals surface area contributed by atoms with Crippen LogP contribution in [-0.4, -0.2) is 59.1 Å². The minimum atomic E-state index is -0.711. The Bertz CT molecular complexity index is 1270. The van der Waals surface area contributed by atoms with Gasteiger partial charge in [-0.3, -0.25) is 19.2 Å². The van der Waals surface area contributed by atoms with Gasteiger partial charge in [-0.05, 0) is 32.8 Å². The van der Waals surface area contributed by atoms with Gasteiger partial charge in [-0.15, -0.1) is 0 Å². The van der Waals surface area contributed by atoms with Gasteiger partial charge in [0.1, 0.15) is 12.2 Å². The van der Waals surface area contributed by atoms with Crippen molar-refractivity contribution in [1.82, 2.24) is 4.90 Å². The van der Waals surface area contributed by atoms with Gasteiger partial charge < -0.3 is 19.1 Å². The molecule has 2 heterocycles. The van der Waals surface area contributed by atoms with E-state index < -0.39 is 36.2 Å². The largest absolute Gasteiger partial charge is 0.460 e. The molecule has 4 aliphatic rings. The Morgan fingerprint density at radius 1 is 0.907 bits per heavy atom. The van der Waals surface area contributed by atoms with Crippen LogP contribution in [0.5, 0.6) is 0 Å². The summed E-state index contributed by atoms with van der Waals surface area (Å²) in [5.41, 5.74) is 1.95. The lowest BCUT2D eigenvalue weighted by Gasteiger charge is -2.39. The molecule has 8 heteroatoms. The first-order valence-electron chi connectivity index (χ1n) is 15.4. The molecule has 9 atom stereocenters. The van der Waals surface area contributed by atoms with Gasteiger partial charge in [0.15, 0.2) is 6.10 Å². The van der Waals surface area contributed by atoms with Gasteiger partial charge in [0.05, 0.1) is 12.0 Å². The molecule has 8 nitrogen and oxygen atoms in total. The van der Waals surface area contributed by atoms with E-state index in [0.29, 0.717) is 12.8 Å². The van der Waals surface area contributed by atoms with Crippen molar-refractivity contribution in [3.05, 3.63) is 71.9 Å². The van der Waals surface area contributed by atoms with Crippen molar-refractivity contribution in [2.24, 2.45) is 23.7 Å². The quantitative estimate of drug-likeness (QED) is 0.158. The average molecular weight is 592 g/mol. The molecule has 4 rings (SSSR count). The molecule has 0 saturated carbocycles. The summed E-state index contributed by atoms with van der Waals surface area (Å²) < 4.78 is 17.2. The first-order chi connectivity index (χ1) is 20.5. The molecule has 232 valence electrons. The smallest absolute Gasteiger partial charge is 0.303 e. The molecule has 0 spiro atoms. The van der Waals surface area contributed by atoms with Crippen molar-refractivity contribution < 1.29 is 33.4 Å². The number of amides is 1. The molecule has 0 N–H and O–H groups in total. The maximum atomic E-state index is 14.1. The van der Waals surface area contributed by atoms with Crippen LogP contribution in [0.25, 0.3) is 0 Å². The molecule has 0 aromatic carbocycles. The van der Waals surface area contributed by atoms with Crippen LogP contribution in [0, 0.1) is 23.7 Å². The summed E-state index contributed by atoms with van der Waals surface area (Å²) >= 11 is 0. The Balaban J connectivity index is 1.72. The number of rotatable bonds is 8. The Hall–Kier alpha value is -3.68. The zero-order valence-electron chi connectivity index (χ0n) is 26.1. The van der Waals surface area contributed by atoms with Crippen molar-refractivity contribution in [3.63, 3.8) is 0 Å². The van der Waals surface area contributed by atoms with Crippen LogP contribution in [-0.2, 0) is 33.4 Å². The molecule has 1 amide bonds. The lowest BCUT2D eigenvalue weighted by Crippen LogP contribution is -2.45. The van der Waals surface area contributed by atoms with Crippen molar-refractivity contribution in [1.29, 1.82) is 0 Å².